The fourth-order valence-corrected chi connectivity index (χ4v) is 4.24. The van der Waals surface area contributed by atoms with Crippen LogP contribution >= 0.6 is 0 Å². The van der Waals surface area contributed by atoms with Crippen molar-refractivity contribution in [1.82, 2.24) is 4.90 Å². The van der Waals surface area contributed by atoms with Gasteiger partial charge in [0.15, 0.2) is 0 Å². The number of likely N-dealkylation sites (tertiary alicyclic amines) is 1. The number of hydrogen-bond donors (Lipinski definition) is 1. The van der Waals surface area contributed by atoms with E-state index in [1.54, 1.807) is 30.3 Å². The Hall–Kier alpha value is -4.46. The molecule has 0 radical (unpaired) electrons. The molecule has 1 unspecified atom stereocenters. The lowest BCUT2D eigenvalue weighted by Crippen LogP contribution is -2.31. The number of amides is 1. The van der Waals surface area contributed by atoms with Crippen molar-refractivity contribution < 1.29 is 24.4 Å². The number of benzene rings is 3. The van der Waals surface area contributed by atoms with E-state index < -0.39 is 22.7 Å². The van der Waals surface area contributed by atoms with Gasteiger partial charge in [0.05, 0.1) is 23.1 Å². The summed E-state index contributed by atoms with van der Waals surface area (Å²) in [4.78, 5) is 38.6. The zero-order chi connectivity index (χ0) is 25.7. The third-order valence-electron chi connectivity index (χ3n) is 6.02. The molecule has 0 aliphatic carbocycles. The van der Waals surface area contributed by atoms with Gasteiger partial charge >= 0.3 is 0 Å². The van der Waals surface area contributed by atoms with E-state index in [9.17, 15) is 24.8 Å². The van der Waals surface area contributed by atoms with Gasteiger partial charge < -0.3 is 14.7 Å². The average Bonchev–Trinajstić information content (AvgIpc) is 3.16. The molecule has 1 amide bonds. The number of nitro groups is 1. The molecule has 0 spiro atoms. The van der Waals surface area contributed by atoms with Gasteiger partial charge in [0.1, 0.15) is 11.5 Å². The van der Waals surface area contributed by atoms with Gasteiger partial charge in [0, 0.05) is 24.2 Å². The van der Waals surface area contributed by atoms with Crippen LogP contribution in [-0.4, -0.2) is 39.8 Å². The van der Waals surface area contributed by atoms with Gasteiger partial charge in [-0.15, -0.1) is 0 Å². The minimum Gasteiger partial charge on any atom is -0.507 e. The molecule has 0 aromatic heterocycles. The van der Waals surface area contributed by atoms with E-state index in [2.05, 4.69) is 0 Å². The third-order valence-corrected chi connectivity index (χ3v) is 6.02. The smallest absolute Gasteiger partial charge is 0.295 e. The summed E-state index contributed by atoms with van der Waals surface area (Å²) in [7, 11) is 0. The van der Waals surface area contributed by atoms with Crippen molar-refractivity contribution in [2.24, 2.45) is 0 Å². The summed E-state index contributed by atoms with van der Waals surface area (Å²) >= 11 is 0. The number of aliphatic hydroxyl groups is 1. The molecule has 184 valence electrons. The lowest BCUT2D eigenvalue weighted by atomic mass is 9.95. The maximum absolute atomic E-state index is 13.2. The van der Waals surface area contributed by atoms with Crippen molar-refractivity contribution in [3.8, 4) is 5.75 Å². The van der Waals surface area contributed by atoms with Crippen LogP contribution in [0.5, 0.6) is 5.75 Å². The molecule has 8 nitrogen and oxygen atoms in total. The lowest BCUT2D eigenvalue weighted by Gasteiger charge is -2.25. The second-order valence-electron chi connectivity index (χ2n) is 8.45. The van der Waals surface area contributed by atoms with Crippen LogP contribution in [0.15, 0.2) is 84.4 Å². The van der Waals surface area contributed by atoms with Crippen LogP contribution < -0.4 is 4.74 Å². The lowest BCUT2D eigenvalue weighted by molar-refractivity contribution is -0.384. The van der Waals surface area contributed by atoms with Gasteiger partial charge in [-0.3, -0.25) is 19.7 Å². The maximum atomic E-state index is 13.2. The fraction of sp³-hybridized carbons (Fsp3) is 0.214. The van der Waals surface area contributed by atoms with Gasteiger partial charge in [-0.25, -0.2) is 0 Å². The Morgan fingerprint density at radius 3 is 2.42 bits per heavy atom. The van der Waals surface area contributed by atoms with E-state index in [1.807, 2.05) is 37.3 Å². The first-order chi connectivity index (χ1) is 17.4. The molecule has 1 atom stereocenters. The van der Waals surface area contributed by atoms with E-state index in [-0.39, 0.29) is 23.6 Å². The summed E-state index contributed by atoms with van der Waals surface area (Å²) in [5.74, 6) is -1.31. The van der Waals surface area contributed by atoms with Crippen molar-refractivity contribution in [2.45, 2.75) is 25.8 Å². The second-order valence-corrected chi connectivity index (χ2v) is 8.45. The largest absolute Gasteiger partial charge is 0.507 e. The molecule has 1 aliphatic heterocycles. The van der Waals surface area contributed by atoms with Crippen LogP contribution in [0.2, 0.25) is 0 Å². The van der Waals surface area contributed by atoms with Gasteiger partial charge in [-0.1, -0.05) is 49.4 Å². The monoisotopic (exact) mass is 486 g/mol. The first-order valence-corrected chi connectivity index (χ1v) is 11.7. The third kappa shape index (κ3) is 5.12. The number of carbonyl (C=O) groups is 2. The summed E-state index contributed by atoms with van der Waals surface area (Å²) in [5.41, 5.74) is 1.42. The Morgan fingerprint density at radius 2 is 1.75 bits per heavy atom. The summed E-state index contributed by atoms with van der Waals surface area (Å²) < 4.78 is 5.58. The summed E-state index contributed by atoms with van der Waals surface area (Å²) in [5, 5.41) is 22.6. The van der Waals surface area contributed by atoms with Crippen molar-refractivity contribution in [3.63, 3.8) is 0 Å². The number of aliphatic hydroxyl groups excluding tert-OH is 1. The first kappa shape index (κ1) is 24.7. The number of non-ortho nitro benzene ring substituents is 1. The van der Waals surface area contributed by atoms with Crippen LogP contribution in [0.3, 0.4) is 0 Å². The van der Waals surface area contributed by atoms with Crippen LogP contribution in [-0.2, 0) is 16.0 Å². The van der Waals surface area contributed by atoms with Crippen molar-refractivity contribution in [2.75, 3.05) is 13.2 Å². The number of ether oxygens (including phenoxy) is 1. The molecule has 3 aromatic rings. The number of ketones is 1. The highest BCUT2D eigenvalue weighted by Gasteiger charge is 2.46. The number of nitro benzene ring substituents is 1. The van der Waals surface area contributed by atoms with Crippen molar-refractivity contribution in [3.05, 3.63) is 111 Å². The second kappa shape index (κ2) is 10.9. The molecule has 4 rings (SSSR count). The van der Waals surface area contributed by atoms with Crippen molar-refractivity contribution >= 4 is 23.1 Å². The van der Waals surface area contributed by atoms with E-state index in [4.69, 9.17) is 4.74 Å². The Morgan fingerprint density at radius 1 is 1.03 bits per heavy atom. The predicted molar refractivity (Wildman–Crippen MR) is 134 cm³/mol. The molecule has 8 heteroatoms. The van der Waals surface area contributed by atoms with Gasteiger partial charge in [0.25, 0.3) is 17.4 Å². The molecular formula is C28H26N2O6. The number of rotatable bonds is 9. The standard InChI is InChI=1S/C28H26N2O6/c1-2-17-36-23-13-11-20(12-14-23)26(31)24-25(21-9-6-10-22(18-21)30(34)35)29(28(33)27(24)32)16-15-19-7-4-3-5-8-19/h3-14,18,25,31H,2,15-17H2,1H3/b26-24+. The summed E-state index contributed by atoms with van der Waals surface area (Å²) in [6.07, 6.45) is 1.32. The van der Waals surface area contributed by atoms with E-state index in [0.29, 0.717) is 29.9 Å². The molecule has 1 N–H and O–H groups in total. The minimum atomic E-state index is -0.968. The molecule has 0 saturated carbocycles. The normalized spacial score (nSPS) is 16.8. The molecule has 36 heavy (non-hydrogen) atoms. The van der Waals surface area contributed by atoms with Crippen LogP contribution in [0.4, 0.5) is 5.69 Å². The van der Waals surface area contributed by atoms with Crippen LogP contribution in [0.25, 0.3) is 5.76 Å². The van der Waals surface area contributed by atoms with E-state index in [1.165, 1.54) is 23.1 Å². The predicted octanol–water partition coefficient (Wildman–Crippen LogP) is 5.05. The van der Waals surface area contributed by atoms with E-state index in [0.717, 1.165) is 12.0 Å². The first-order valence-electron chi connectivity index (χ1n) is 11.7. The van der Waals surface area contributed by atoms with Gasteiger partial charge in [-0.2, -0.15) is 0 Å². The highest BCUT2D eigenvalue weighted by molar-refractivity contribution is 6.46. The Balaban J connectivity index is 1.76. The molecule has 1 fully saturated rings. The molecule has 1 aliphatic rings. The van der Waals surface area contributed by atoms with Crippen LogP contribution in [0, 0.1) is 10.1 Å². The highest BCUT2D eigenvalue weighted by atomic mass is 16.6. The minimum absolute atomic E-state index is 0.101. The van der Waals surface area contributed by atoms with Gasteiger partial charge in [-0.05, 0) is 48.2 Å². The molecular weight excluding hydrogens is 460 g/mol. The van der Waals surface area contributed by atoms with E-state index >= 15 is 0 Å². The number of nitrogens with zero attached hydrogens (tertiary/aromatic N) is 2. The van der Waals surface area contributed by atoms with Crippen LogP contribution in [0.1, 0.15) is 36.1 Å². The Kier molecular flexibility index (Phi) is 7.44. The zero-order valence-electron chi connectivity index (χ0n) is 19.8. The fourth-order valence-electron chi connectivity index (χ4n) is 4.24. The Labute approximate surface area is 208 Å². The SMILES string of the molecule is CCCOc1ccc(/C(O)=C2\C(=O)C(=O)N(CCc3ccccc3)C2c2cccc([N+](=O)[O-])c2)cc1. The molecule has 1 saturated heterocycles. The topological polar surface area (TPSA) is 110 Å². The number of hydrogen-bond acceptors (Lipinski definition) is 6. The maximum Gasteiger partial charge on any atom is 0.295 e. The number of Topliss-reactive ketones (excluding diaryl/α,β-unsaturated/α-hetero) is 1. The van der Waals surface area contributed by atoms with Crippen molar-refractivity contribution in [1.29, 1.82) is 0 Å². The zero-order valence-corrected chi connectivity index (χ0v) is 19.8. The quantitative estimate of drug-likeness (QED) is 0.149. The average molecular weight is 487 g/mol. The molecule has 0 bridgehead atoms. The van der Waals surface area contributed by atoms with Gasteiger partial charge in [0.2, 0.25) is 0 Å². The summed E-state index contributed by atoms with van der Waals surface area (Å²) in [6.45, 7) is 2.73. The molecule has 3 aromatic carbocycles. The number of carbonyl (C=O) groups excluding carboxylic acids is 2. The molecule has 1 heterocycles. The summed E-state index contributed by atoms with van der Waals surface area (Å²) in [6, 6.07) is 20.9. The highest BCUT2D eigenvalue weighted by Crippen LogP contribution is 2.40. The Bertz CT molecular complexity index is 1300.